The van der Waals surface area contributed by atoms with Gasteiger partial charge in [0.25, 0.3) is 11.6 Å². The summed E-state index contributed by atoms with van der Waals surface area (Å²) in [6.45, 7) is 5.28. The average Bonchev–Trinajstić information content (AvgIpc) is 3.13. The molecule has 0 saturated heterocycles. The highest BCUT2D eigenvalue weighted by molar-refractivity contribution is 5.95. The topological polar surface area (TPSA) is 62.1 Å². The molecule has 1 saturated carbocycles. The van der Waals surface area contributed by atoms with Crippen LogP contribution in [0.5, 0.6) is 5.75 Å². The standard InChI is InChI=1S/C26H29F3N2O3/c1-17-8-7-11-21-23(17)30-31(25(21,33)26(27,28)29)22(32)16-34-20-14-12-19(13-15-20)24(2,3)18-9-5-4-6-10-18/h4-6,9-10,12-15,17,21,33H,7-8,11,16H2,1-3H3/t17-,21+,25-/m1/s1. The predicted octanol–water partition coefficient (Wildman–Crippen LogP) is 5.28. The average molecular weight is 475 g/mol. The van der Waals surface area contributed by atoms with Gasteiger partial charge in [-0.05, 0) is 42.0 Å². The highest BCUT2D eigenvalue weighted by Crippen LogP contribution is 2.49. The molecular formula is C26H29F3N2O3. The number of nitrogens with zero attached hydrogens (tertiary/aromatic N) is 2. The molecule has 0 bridgehead atoms. The molecule has 1 aliphatic carbocycles. The summed E-state index contributed by atoms with van der Waals surface area (Å²) < 4.78 is 47.4. The zero-order valence-corrected chi connectivity index (χ0v) is 19.5. The number of halogens is 3. The van der Waals surface area contributed by atoms with Crippen molar-refractivity contribution in [2.45, 2.75) is 57.3 Å². The minimum atomic E-state index is -5.04. The maximum atomic E-state index is 14.0. The first-order valence-corrected chi connectivity index (χ1v) is 11.5. The Kier molecular flexibility index (Phi) is 6.23. The van der Waals surface area contributed by atoms with Gasteiger partial charge in [-0.15, -0.1) is 0 Å². The van der Waals surface area contributed by atoms with Crippen molar-refractivity contribution in [3.8, 4) is 5.75 Å². The molecule has 34 heavy (non-hydrogen) atoms. The summed E-state index contributed by atoms with van der Waals surface area (Å²) in [4.78, 5) is 12.8. The lowest BCUT2D eigenvalue weighted by Gasteiger charge is -2.38. The van der Waals surface area contributed by atoms with Crippen LogP contribution in [-0.4, -0.2) is 40.2 Å². The zero-order chi connectivity index (χ0) is 24.7. The highest BCUT2D eigenvalue weighted by Gasteiger charge is 2.69. The Labute approximate surface area is 197 Å². The predicted molar refractivity (Wildman–Crippen MR) is 122 cm³/mol. The molecule has 8 heteroatoms. The van der Waals surface area contributed by atoms with E-state index in [0.29, 0.717) is 18.6 Å². The largest absolute Gasteiger partial charge is 0.484 e. The fourth-order valence-electron chi connectivity index (χ4n) is 4.94. The lowest BCUT2D eigenvalue weighted by atomic mass is 9.75. The summed E-state index contributed by atoms with van der Waals surface area (Å²) in [6, 6.07) is 17.1. The van der Waals surface area contributed by atoms with Crippen LogP contribution in [0.1, 0.15) is 51.2 Å². The monoisotopic (exact) mass is 474 g/mol. The number of hydrogen-bond donors (Lipinski definition) is 1. The van der Waals surface area contributed by atoms with E-state index in [4.69, 9.17) is 4.74 Å². The number of rotatable bonds is 5. The molecule has 2 aromatic carbocycles. The quantitative estimate of drug-likeness (QED) is 0.642. The second-order valence-corrected chi connectivity index (χ2v) is 9.64. The summed E-state index contributed by atoms with van der Waals surface area (Å²) in [7, 11) is 0. The Morgan fingerprint density at radius 3 is 2.32 bits per heavy atom. The van der Waals surface area contributed by atoms with Crippen LogP contribution in [0.3, 0.4) is 0 Å². The van der Waals surface area contributed by atoms with E-state index in [2.05, 4.69) is 18.9 Å². The van der Waals surface area contributed by atoms with Crippen molar-refractivity contribution in [1.82, 2.24) is 5.01 Å². The third kappa shape index (κ3) is 4.08. The first kappa shape index (κ1) is 24.3. The lowest BCUT2D eigenvalue weighted by molar-refractivity contribution is -0.317. The van der Waals surface area contributed by atoms with Gasteiger partial charge in [-0.1, -0.05) is 69.7 Å². The fourth-order valence-corrected chi connectivity index (χ4v) is 4.94. The second-order valence-electron chi connectivity index (χ2n) is 9.64. The molecule has 0 aromatic heterocycles. The Balaban J connectivity index is 1.49. The summed E-state index contributed by atoms with van der Waals surface area (Å²) in [5, 5.41) is 14.9. The van der Waals surface area contributed by atoms with Crippen molar-refractivity contribution >= 4 is 11.6 Å². The summed E-state index contributed by atoms with van der Waals surface area (Å²) in [6.07, 6.45) is -3.70. The van der Waals surface area contributed by atoms with Crippen molar-refractivity contribution < 1.29 is 27.8 Å². The molecule has 1 heterocycles. The Morgan fingerprint density at radius 2 is 1.71 bits per heavy atom. The van der Waals surface area contributed by atoms with Gasteiger partial charge in [-0.2, -0.15) is 23.3 Å². The summed E-state index contributed by atoms with van der Waals surface area (Å²) >= 11 is 0. The first-order chi connectivity index (χ1) is 16.0. The van der Waals surface area contributed by atoms with E-state index in [1.54, 1.807) is 19.1 Å². The van der Waals surface area contributed by atoms with Crippen LogP contribution >= 0.6 is 0 Å². The summed E-state index contributed by atoms with van der Waals surface area (Å²) in [5.41, 5.74) is -1.23. The number of amides is 1. The number of alkyl halides is 3. The summed E-state index contributed by atoms with van der Waals surface area (Å²) in [5.74, 6) is -2.18. The molecule has 3 atom stereocenters. The molecule has 0 spiro atoms. The van der Waals surface area contributed by atoms with Crippen molar-refractivity contribution in [3.63, 3.8) is 0 Å². The lowest BCUT2D eigenvalue weighted by Crippen LogP contribution is -2.62. The third-order valence-electron chi connectivity index (χ3n) is 7.10. The van der Waals surface area contributed by atoms with Crippen LogP contribution in [-0.2, 0) is 10.2 Å². The van der Waals surface area contributed by atoms with Gasteiger partial charge >= 0.3 is 6.18 Å². The number of ether oxygens (including phenoxy) is 1. The number of hydrogen-bond acceptors (Lipinski definition) is 4. The van der Waals surface area contributed by atoms with Crippen LogP contribution in [0.2, 0.25) is 0 Å². The molecule has 2 aliphatic rings. The normalized spacial score (nSPS) is 25.0. The van der Waals surface area contributed by atoms with E-state index in [9.17, 15) is 23.1 Å². The number of carbonyl (C=O) groups is 1. The number of hydrazone groups is 1. The number of fused-ring (bicyclic) bond motifs is 1. The number of benzene rings is 2. The second kappa shape index (κ2) is 8.73. The maximum Gasteiger partial charge on any atom is 0.439 e. The van der Waals surface area contributed by atoms with Gasteiger partial charge < -0.3 is 9.84 Å². The van der Waals surface area contributed by atoms with Crippen molar-refractivity contribution in [2.75, 3.05) is 6.61 Å². The minimum absolute atomic E-state index is 0.127. The van der Waals surface area contributed by atoms with Crippen LogP contribution < -0.4 is 4.74 Å². The van der Waals surface area contributed by atoms with Crippen molar-refractivity contribution in [2.24, 2.45) is 16.9 Å². The van der Waals surface area contributed by atoms with Gasteiger partial charge in [0, 0.05) is 11.1 Å². The smallest absolute Gasteiger partial charge is 0.439 e. The van der Waals surface area contributed by atoms with Gasteiger partial charge in [-0.25, -0.2) is 0 Å². The van der Waals surface area contributed by atoms with E-state index in [0.717, 1.165) is 11.1 Å². The fraction of sp³-hybridized carbons (Fsp3) is 0.462. The molecule has 1 aliphatic heterocycles. The number of carbonyl (C=O) groups excluding carboxylic acids is 1. The number of aliphatic hydroxyl groups is 1. The molecule has 2 aromatic rings. The molecule has 4 rings (SSSR count). The van der Waals surface area contributed by atoms with Crippen LogP contribution in [0.25, 0.3) is 0 Å². The van der Waals surface area contributed by atoms with E-state index in [-0.39, 0.29) is 28.5 Å². The zero-order valence-electron chi connectivity index (χ0n) is 19.5. The van der Waals surface area contributed by atoms with Gasteiger partial charge in [-0.3, -0.25) is 4.79 Å². The van der Waals surface area contributed by atoms with E-state index in [1.165, 1.54) is 0 Å². The van der Waals surface area contributed by atoms with Crippen LogP contribution in [0, 0.1) is 11.8 Å². The molecule has 0 unspecified atom stereocenters. The van der Waals surface area contributed by atoms with Crippen molar-refractivity contribution in [3.05, 3.63) is 65.7 Å². The van der Waals surface area contributed by atoms with Gasteiger partial charge in [0.05, 0.1) is 5.92 Å². The highest BCUT2D eigenvalue weighted by atomic mass is 19.4. The van der Waals surface area contributed by atoms with Crippen LogP contribution in [0.15, 0.2) is 59.7 Å². The molecule has 5 nitrogen and oxygen atoms in total. The van der Waals surface area contributed by atoms with Gasteiger partial charge in [0.15, 0.2) is 6.61 Å². The van der Waals surface area contributed by atoms with Crippen LogP contribution in [0.4, 0.5) is 13.2 Å². The van der Waals surface area contributed by atoms with E-state index in [1.807, 2.05) is 42.5 Å². The van der Waals surface area contributed by atoms with Gasteiger partial charge in [0.2, 0.25) is 0 Å². The molecule has 1 fully saturated rings. The Morgan fingerprint density at radius 1 is 1.09 bits per heavy atom. The molecule has 182 valence electrons. The van der Waals surface area contributed by atoms with Gasteiger partial charge in [0.1, 0.15) is 5.75 Å². The van der Waals surface area contributed by atoms with E-state index < -0.39 is 30.3 Å². The Hall–Kier alpha value is -2.87. The molecular weight excluding hydrogens is 445 g/mol. The molecule has 1 amide bonds. The SMILES string of the molecule is C[C@@H]1CCC[C@H]2C1=NN(C(=O)COc1ccc(C(C)(C)c3ccccc3)cc1)[C@]2(O)C(F)(F)F. The molecule has 0 radical (unpaired) electrons. The van der Waals surface area contributed by atoms with Crippen molar-refractivity contribution in [1.29, 1.82) is 0 Å². The van der Waals surface area contributed by atoms with E-state index >= 15 is 0 Å². The Bertz CT molecular complexity index is 1070. The third-order valence-corrected chi connectivity index (χ3v) is 7.10. The maximum absolute atomic E-state index is 14.0. The molecule has 1 N–H and O–H groups in total. The minimum Gasteiger partial charge on any atom is -0.484 e. The first-order valence-electron chi connectivity index (χ1n) is 11.5.